The summed E-state index contributed by atoms with van der Waals surface area (Å²) in [5, 5.41) is 3.03. The summed E-state index contributed by atoms with van der Waals surface area (Å²) in [6.45, 7) is 0.829. The molecule has 1 aliphatic rings. The van der Waals surface area contributed by atoms with Gasteiger partial charge >= 0.3 is 12.4 Å². The zero-order chi connectivity index (χ0) is 24.3. The van der Waals surface area contributed by atoms with Crippen molar-refractivity contribution in [3.05, 3.63) is 53.6 Å². The number of ether oxygens (including phenoxy) is 2. The van der Waals surface area contributed by atoms with Crippen molar-refractivity contribution in [3.8, 4) is 11.5 Å². The summed E-state index contributed by atoms with van der Waals surface area (Å²) in [6.07, 6.45) is -10.3. The molecule has 2 aromatic rings. The smallest absolute Gasteiger partial charge is 0.416 e. The Balaban J connectivity index is 1.51. The predicted molar refractivity (Wildman–Crippen MR) is 105 cm³/mol. The van der Waals surface area contributed by atoms with Gasteiger partial charge in [0, 0.05) is 13.1 Å². The third kappa shape index (κ3) is 6.74. The molecular weight excluding hydrogens is 478 g/mol. The van der Waals surface area contributed by atoms with Gasteiger partial charge in [0.05, 0.1) is 16.0 Å². The standard InChI is InChI=1S/C20H20F6N2O4S/c21-19(22,23)13-8-14(20(24,25)26)10-16(9-13)33(29,30)28-7-3-6-27-11-15-12-31-17-4-1-2-5-18(17)32-15/h1-2,4-5,8-10,15,27-28H,3,6-7,11-12H2. The highest BCUT2D eigenvalue weighted by Gasteiger charge is 2.38. The van der Waals surface area contributed by atoms with Crippen LogP contribution in [-0.4, -0.2) is 40.8 Å². The second-order valence-electron chi connectivity index (χ2n) is 7.19. The summed E-state index contributed by atoms with van der Waals surface area (Å²) in [5.74, 6) is 1.23. The highest BCUT2D eigenvalue weighted by molar-refractivity contribution is 7.89. The van der Waals surface area contributed by atoms with Crippen LogP contribution in [0.15, 0.2) is 47.4 Å². The maximum absolute atomic E-state index is 12.9. The molecule has 1 heterocycles. The van der Waals surface area contributed by atoms with Gasteiger partial charge in [-0.3, -0.25) is 0 Å². The minimum absolute atomic E-state index is 0.127. The second-order valence-corrected chi connectivity index (χ2v) is 8.96. The molecule has 0 aromatic heterocycles. The van der Waals surface area contributed by atoms with Crippen molar-refractivity contribution >= 4 is 10.0 Å². The van der Waals surface area contributed by atoms with Crippen LogP contribution < -0.4 is 19.5 Å². The topological polar surface area (TPSA) is 76.7 Å². The van der Waals surface area contributed by atoms with Gasteiger partial charge in [-0.25, -0.2) is 13.1 Å². The molecule has 0 aliphatic carbocycles. The molecule has 0 spiro atoms. The van der Waals surface area contributed by atoms with E-state index < -0.39 is 38.4 Å². The third-order valence-electron chi connectivity index (χ3n) is 4.63. The van der Waals surface area contributed by atoms with Gasteiger partial charge in [0.1, 0.15) is 12.7 Å². The fraction of sp³-hybridized carbons (Fsp3) is 0.400. The fourth-order valence-electron chi connectivity index (χ4n) is 3.01. The Morgan fingerprint density at radius 1 is 0.909 bits per heavy atom. The number of nitrogens with one attached hydrogen (secondary N) is 2. The van der Waals surface area contributed by atoms with Gasteiger partial charge < -0.3 is 14.8 Å². The molecule has 0 saturated heterocycles. The van der Waals surface area contributed by atoms with Crippen molar-refractivity contribution in [1.29, 1.82) is 0 Å². The van der Waals surface area contributed by atoms with Gasteiger partial charge in [-0.1, -0.05) is 12.1 Å². The first kappa shape index (κ1) is 25.1. The zero-order valence-corrected chi connectivity index (χ0v) is 17.8. The summed E-state index contributed by atoms with van der Waals surface area (Å²) in [5.41, 5.74) is -3.40. The SMILES string of the molecule is O=S(=O)(NCCCNCC1COc2ccccc2O1)c1cc(C(F)(F)F)cc(C(F)(F)F)c1. The first-order chi connectivity index (χ1) is 15.4. The molecule has 0 fully saturated rings. The normalized spacial score (nSPS) is 16.6. The molecule has 2 aromatic carbocycles. The summed E-state index contributed by atoms with van der Waals surface area (Å²) in [4.78, 5) is -1.11. The quantitative estimate of drug-likeness (QED) is 0.428. The minimum Gasteiger partial charge on any atom is -0.486 e. The molecule has 1 aliphatic heterocycles. The van der Waals surface area contributed by atoms with Gasteiger partial charge in [0.25, 0.3) is 0 Å². The van der Waals surface area contributed by atoms with Crippen molar-refractivity contribution < 1.29 is 44.2 Å². The van der Waals surface area contributed by atoms with Crippen molar-refractivity contribution in [3.63, 3.8) is 0 Å². The number of hydrogen-bond donors (Lipinski definition) is 2. The predicted octanol–water partition coefficient (Wildman–Crippen LogP) is 3.82. The molecule has 33 heavy (non-hydrogen) atoms. The molecule has 3 rings (SSSR count). The number of rotatable bonds is 8. The van der Waals surface area contributed by atoms with Crippen LogP contribution in [0.2, 0.25) is 0 Å². The lowest BCUT2D eigenvalue weighted by Crippen LogP contribution is -2.39. The van der Waals surface area contributed by atoms with Gasteiger partial charge in [0.15, 0.2) is 11.5 Å². The Kier molecular flexibility index (Phi) is 7.44. The monoisotopic (exact) mass is 498 g/mol. The Labute approximate surface area is 185 Å². The van der Waals surface area contributed by atoms with E-state index in [9.17, 15) is 34.8 Å². The van der Waals surface area contributed by atoms with Crippen molar-refractivity contribution in [1.82, 2.24) is 10.0 Å². The lowest BCUT2D eigenvalue weighted by molar-refractivity contribution is -0.143. The lowest BCUT2D eigenvalue weighted by Gasteiger charge is -2.26. The number of benzene rings is 2. The van der Waals surface area contributed by atoms with Crippen LogP contribution in [0.1, 0.15) is 17.5 Å². The van der Waals surface area contributed by atoms with Crippen molar-refractivity contribution in [2.75, 3.05) is 26.2 Å². The van der Waals surface area contributed by atoms with E-state index in [1.54, 1.807) is 18.2 Å². The lowest BCUT2D eigenvalue weighted by atomic mass is 10.1. The first-order valence-corrected chi connectivity index (χ1v) is 11.2. The number of sulfonamides is 1. The van der Waals surface area contributed by atoms with Gasteiger partial charge in [-0.15, -0.1) is 0 Å². The molecule has 0 amide bonds. The van der Waals surface area contributed by atoms with Crippen LogP contribution in [-0.2, 0) is 22.4 Å². The molecule has 0 radical (unpaired) electrons. The summed E-state index contributed by atoms with van der Waals surface area (Å²) < 4.78 is 116. The number of alkyl halides is 6. The molecule has 0 saturated carbocycles. The van der Waals surface area contributed by atoms with E-state index in [1.165, 1.54) is 0 Å². The van der Waals surface area contributed by atoms with Crippen LogP contribution >= 0.6 is 0 Å². The van der Waals surface area contributed by atoms with E-state index in [0.717, 1.165) is 0 Å². The van der Waals surface area contributed by atoms with Crippen LogP contribution in [0.5, 0.6) is 11.5 Å². The Bertz CT molecular complexity index is 1040. The van der Waals surface area contributed by atoms with E-state index in [-0.39, 0.29) is 37.3 Å². The Morgan fingerprint density at radius 2 is 1.52 bits per heavy atom. The third-order valence-corrected chi connectivity index (χ3v) is 6.07. The van der Waals surface area contributed by atoms with Gasteiger partial charge in [-0.05, 0) is 43.3 Å². The molecule has 1 atom stereocenters. The van der Waals surface area contributed by atoms with Crippen molar-refractivity contribution in [2.45, 2.75) is 29.8 Å². The molecule has 2 N–H and O–H groups in total. The number of para-hydroxylation sites is 2. The first-order valence-electron chi connectivity index (χ1n) is 9.74. The average molecular weight is 498 g/mol. The highest BCUT2D eigenvalue weighted by atomic mass is 32.2. The Morgan fingerprint density at radius 3 is 2.12 bits per heavy atom. The van der Waals surface area contributed by atoms with Crippen LogP contribution in [0.4, 0.5) is 26.3 Å². The molecule has 1 unspecified atom stereocenters. The maximum Gasteiger partial charge on any atom is 0.416 e. The maximum atomic E-state index is 12.9. The average Bonchev–Trinajstić information content (AvgIpc) is 2.74. The summed E-state index contributed by atoms with van der Waals surface area (Å²) in [6, 6.07) is 7.36. The van der Waals surface area contributed by atoms with Gasteiger partial charge in [0.2, 0.25) is 10.0 Å². The largest absolute Gasteiger partial charge is 0.486 e. The van der Waals surface area contributed by atoms with Gasteiger partial charge in [-0.2, -0.15) is 26.3 Å². The highest BCUT2D eigenvalue weighted by Crippen LogP contribution is 2.37. The summed E-state index contributed by atoms with van der Waals surface area (Å²) >= 11 is 0. The summed E-state index contributed by atoms with van der Waals surface area (Å²) in [7, 11) is -4.59. The van der Waals surface area contributed by atoms with Crippen molar-refractivity contribution in [2.24, 2.45) is 0 Å². The van der Waals surface area contributed by atoms with E-state index >= 15 is 0 Å². The van der Waals surface area contributed by atoms with Crippen LogP contribution in [0.25, 0.3) is 0 Å². The Hall–Kier alpha value is -2.51. The van der Waals surface area contributed by atoms with E-state index in [2.05, 4.69) is 5.32 Å². The van der Waals surface area contributed by atoms with Crippen LogP contribution in [0.3, 0.4) is 0 Å². The van der Waals surface area contributed by atoms with E-state index in [4.69, 9.17) is 9.47 Å². The molecule has 6 nitrogen and oxygen atoms in total. The fourth-order valence-corrected chi connectivity index (χ4v) is 4.16. The van der Waals surface area contributed by atoms with Crippen LogP contribution in [0, 0.1) is 0 Å². The molecular formula is C20H20F6N2O4S. The zero-order valence-electron chi connectivity index (χ0n) is 17.0. The van der Waals surface area contributed by atoms with E-state index in [0.29, 0.717) is 31.2 Å². The second kappa shape index (κ2) is 9.77. The minimum atomic E-state index is -5.14. The molecule has 182 valence electrons. The number of halogens is 6. The number of hydrogen-bond acceptors (Lipinski definition) is 5. The van der Waals surface area contributed by atoms with E-state index in [1.807, 2.05) is 10.8 Å². The molecule has 13 heteroatoms. The molecule has 0 bridgehead atoms. The number of fused-ring (bicyclic) bond motifs is 1.